The third-order valence-corrected chi connectivity index (χ3v) is 8.74. The molecule has 5 rings (SSSR count). The summed E-state index contributed by atoms with van der Waals surface area (Å²) in [6.07, 6.45) is 14.3. The van der Waals surface area contributed by atoms with Crippen LogP contribution in [-0.4, -0.2) is 22.5 Å². The molecule has 0 aromatic rings. The number of carbonyl (C=O) groups excluding carboxylic acids is 1. The van der Waals surface area contributed by atoms with Gasteiger partial charge in [-0.15, -0.1) is 0 Å². The first-order valence-electron chi connectivity index (χ1n) is 10.6. The zero-order valence-corrected chi connectivity index (χ0v) is 16.1. The molecule has 0 saturated heterocycles. The summed E-state index contributed by atoms with van der Waals surface area (Å²) >= 11 is 0. The number of hydrogen-bond donors (Lipinski definition) is 1. The van der Waals surface area contributed by atoms with E-state index in [1.807, 2.05) is 0 Å². The van der Waals surface area contributed by atoms with Gasteiger partial charge >= 0.3 is 5.97 Å². The van der Waals surface area contributed by atoms with Crippen LogP contribution in [0.25, 0.3) is 0 Å². The highest BCUT2D eigenvalue weighted by Crippen LogP contribution is 2.68. The second kappa shape index (κ2) is 5.83. The molecule has 4 nitrogen and oxygen atoms in total. The van der Waals surface area contributed by atoms with Gasteiger partial charge in [0.2, 0.25) is 0 Å². The fraction of sp³-hybridized carbons (Fsp3) is 0.652. The lowest BCUT2D eigenvalue weighted by molar-refractivity contribution is -0.163. The Kier molecular flexibility index (Phi) is 3.73. The summed E-state index contributed by atoms with van der Waals surface area (Å²) in [6, 6.07) is 0. The Morgan fingerprint density at radius 3 is 2.85 bits per heavy atom. The maximum atomic E-state index is 12.0. The number of hydrogen-bond acceptors (Lipinski definition) is 4. The van der Waals surface area contributed by atoms with Crippen molar-refractivity contribution < 1.29 is 14.7 Å². The van der Waals surface area contributed by atoms with Gasteiger partial charge in [0.05, 0.1) is 5.71 Å². The van der Waals surface area contributed by atoms with Crippen LogP contribution in [0.1, 0.15) is 58.3 Å². The monoisotopic (exact) mass is 367 g/mol. The van der Waals surface area contributed by atoms with Gasteiger partial charge in [-0.2, -0.15) is 0 Å². The lowest BCUT2D eigenvalue weighted by Gasteiger charge is -2.56. The van der Waals surface area contributed by atoms with E-state index in [9.17, 15) is 10.0 Å². The number of nitrogens with zero attached hydrogens (tertiary/aromatic N) is 1. The first-order valence-corrected chi connectivity index (χ1v) is 10.6. The van der Waals surface area contributed by atoms with Gasteiger partial charge in [0.1, 0.15) is 5.60 Å². The molecule has 3 fully saturated rings. The van der Waals surface area contributed by atoms with E-state index in [1.54, 1.807) is 6.08 Å². The average molecular weight is 367 g/mol. The van der Waals surface area contributed by atoms with Crippen LogP contribution in [0.15, 0.2) is 41.1 Å². The molecule has 3 saturated carbocycles. The van der Waals surface area contributed by atoms with E-state index in [2.05, 4.69) is 30.8 Å². The Morgan fingerprint density at radius 2 is 2.15 bits per heavy atom. The first-order chi connectivity index (χ1) is 13.0. The van der Waals surface area contributed by atoms with E-state index in [4.69, 9.17) is 4.74 Å². The number of carbonyl (C=O) groups is 1. The minimum absolute atomic E-state index is 0.0880. The van der Waals surface area contributed by atoms with Crippen molar-refractivity contribution in [1.29, 1.82) is 0 Å². The van der Waals surface area contributed by atoms with Gasteiger partial charge in [-0.25, -0.2) is 4.79 Å². The van der Waals surface area contributed by atoms with E-state index < -0.39 is 0 Å². The van der Waals surface area contributed by atoms with Crippen molar-refractivity contribution in [3.05, 3.63) is 36.0 Å². The Bertz CT molecular complexity index is 793. The van der Waals surface area contributed by atoms with Gasteiger partial charge in [0.25, 0.3) is 0 Å². The predicted molar refractivity (Wildman–Crippen MR) is 103 cm³/mol. The zero-order valence-electron chi connectivity index (χ0n) is 16.1. The first kappa shape index (κ1) is 17.3. The number of oxime groups is 1. The van der Waals surface area contributed by atoms with E-state index in [-0.39, 0.29) is 17.0 Å². The lowest BCUT2D eigenvalue weighted by Crippen LogP contribution is -2.53. The Labute approximate surface area is 161 Å². The van der Waals surface area contributed by atoms with Gasteiger partial charge < -0.3 is 9.94 Å². The van der Waals surface area contributed by atoms with E-state index in [0.29, 0.717) is 23.7 Å². The van der Waals surface area contributed by atoms with Crippen LogP contribution >= 0.6 is 0 Å². The van der Waals surface area contributed by atoms with Crippen LogP contribution in [0.3, 0.4) is 0 Å². The molecule has 1 aliphatic heterocycles. The minimum atomic E-state index is -0.366. The molecule has 0 aromatic carbocycles. The molecule has 1 N–H and O–H groups in total. The molecular weight excluding hydrogens is 338 g/mol. The van der Waals surface area contributed by atoms with Gasteiger partial charge in [0.15, 0.2) is 0 Å². The van der Waals surface area contributed by atoms with Crippen molar-refractivity contribution in [2.24, 2.45) is 34.2 Å². The molecular formula is C23H29NO3. The number of ether oxygens (including phenoxy) is 1. The molecule has 0 aromatic heterocycles. The molecule has 4 heteroatoms. The number of allylic oxidation sites excluding steroid dienone is 3. The molecule has 1 spiro atoms. The maximum absolute atomic E-state index is 12.0. The molecule has 0 radical (unpaired) electrons. The topological polar surface area (TPSA) is 58.9 Å². The largest absolute Gasteiger partial charge is 0.451 e. The van der Waals surface area contributed by atoms with E-state index in [1.165, 1.54) is 17.6 Å². The summed E-state index contributed by atoms with van der Waals surface area (Å²) in [5.74, 6) is 2.31. The number of esters is 1. The van der Waals surface area contributed by atoms with Crippen LogP contribution in [-0.2, 0) is 9.53 Å². The van der Waals surface area contributed by atoms with Crippen molar-refractivity contribution in [2.45, 2.75) is 63.9 Å². The molecule has 1 heterocycles. The number of fused-ring (bicyclic) bond motifs is 6. The van der Waals surface area contributed by atoms with Crippen LogP contribution in [0.4, 0.5) is 0 Å². The Balaban J connectivity index is 1.51. The Hall–Kier alpha value is -1.84. The fourth-order valence-corrected chi connectivity index (χ4v) is 7.66. The van der Waals surface area contributed by atoms with Crippen molar-refractivity contribution in [1.82, 2.24) is 0 Å². The van der Waals surface area contributed by atoms with Gasteiger partial charge in [0, 0.05) is 11.5 Å². The third kappa shape index (κ3) is 2.16. The molecule has 27 heavy (non-hydrogen) atoms. The van der Waals surface area contributed by atoms with Gasteiger partial charge in [-0.05, 0) is 92.8 Å². The summed E-state index contributed by atoms with van der Waals surface area (Å²) in [4.78, 5) is 12.0. The van der Waals surface area contributed by atoms with Crippen molar-refractivity contribution in [3.8, 4) is 0 Å². The standard InChI is InChI=1S/C23H29NO3/c1-3-22-9-6-17-16-5-4-15(24-26)13-18(16)14(2)12-19(17)20(22)7-10-23(22)11-8-21(25)27-23/h8,11,13,16-17,19-20,26H,2-7,9-10,12H2,1H3/b24-15-/t16-,17?,19?,20?,22+,23-/m1/s1. The molecule has 0 bridgehead atoms. The summed E-state index contributed by atoms with van der Waals surface area (Å²) in [6.45, 7) is 6.70. The van der Waals surface area contributed by atoms with Gasteiger partial charge in [-0.1, -0.05) is 24.2 Å². The zero-order chi connectivity index (χ0) is 18.8. The van der Waals surface area contributed by atoms with Crippen LogP contribution in [0.2, 0.25) is 0 Å². The summed E-state index contributed by atoms with van der Waals surface area (Å²) in [7, 11) is 0. The predicted octanol–water partition coefficient (Wildman–Crippen LogP) is 4.80. The van der Waals surface area contributed by atoms with E-state index in [0.717, 1.165) is 50.7 Å². The highest BCUT2D eigenvalue weighted by Gasteiger charge is 2.66. The summed E-state index contributed by atoms with van der Waals surface area (Å²) < 4.78 is 5.99. The molecule has 6 atom stereocenters. The van der Waals surface area contributed by atoms with Crippen LogP contribution in [0, 0.1) is 29.1 Å². The normalized spacial score (nSPS) is 46.9. The highest BCUT2D eigenvalue weighted by atomic mass is 16.6. The van der Waals surface area contributed by atoms with Gasteiger partial charge in [-0.3, -0.25) is 0 Å². The van der Waals surface area contributed by atoms with Crippen LogP contribution < -0.4 is 0 Å². The van der Waals surface area contributed by atoms with Crippen molar-refractivity contribution in [3.63, 3.8) is 0 Å². The fourth-order valence-electron chi connectivity index (χ4n) is 7.66. The Morgan fingerprint density at radius 1 is 1.30 bits per heavy atom. The quantitative estimate of drug-likeness (QED) is 0.411. The summed E-state index contributed by atoms with van der Waals surface area (Å²) in [5.41, 5.74) is 3.08. The average Bonchev–Trinajstić information content (AvgIpc) is 3.23. The summed E-state index contributed by atoms with van der Waals surface area (Å²) in [5, 5.41) is 12.6. The molecule has 144 valence electrons. The SMILES string of the molecule is C=C1CC2C(CC[C@@]3(CC)C2CC[C@@]32C=CC(=O)O2)[C@H]2CC/C(=N/O)C=C12. The number of rotatable bonds is 1. The second-order valence-electron chi connectivity index (χ2n) is 9.31. The molecule has 0 amide bonds. The third-order valence-electron chi connectivity index (χ3n) is 8.74. The molecule has 5 aliphatic rings. The minimum Gasteiger partial charge on any atom is -0.451 e. The van der Waals surface area contributed by atoms with E-state index >= 15 is 0 Å². The van der Waals surface area contributed by atoms with Crippen LogP contribution in [0.5, 0.6) is 0 Å². The lowest BCUT2D eigenvalue weighted by atomic mass is 9.49. The van der Waals surface area contributed by atoms with Crippen molar-refractivity contribution >= 4 is 11.7 Å². The molecule has 3 unspecified atom stereocenters. The maximum Gasteiger partial charge on any atom is 0.331 e. The van der Waals surface area contributed by atoms with Crippen molar-refractivity contribution in [2.75, 3.05) is 0 Å². The highest BCUT2D eigenvalue weighted by molar-refractivity contribution is 5.96. The molecule has 4 aliphatic carbocycles. The second-order valence-corrected chi connectivity index (χ2v) is 9.31. The smallest absolute Gasteiger partial charge is 0.331 e.